The van der Waals surface area contributed by atoms with Crippen LogP contribution in [0.1, 0.15) is 45.6 Å². The summed E-state index contributed by atoms with van der Waals surface area (Å²) in [6.45, 7) is 8.99. The Bertz CT molecular complexity index is 564. The van der Waals surface area contributed by atoms with Crippen LogP contribution in [-0.2, 0) is 16.0 Å². The number of benzene rings is 1. The molecule has 0 aliphatic heterocycles. The predicted molar refractivity (Wildman–Crippen MR) is 95.5 cm³/mol. The van der Waals surface area contributed by atoms with Crippen LogP contribution in [0.25, 0.3) is 0 Å². The molecule has 1 unspecified atom stereocenters. The van der Waals surface area contributed by atoms with Crippen LogP contribution in [0.3, 0.4) is 0 Å². The summed E-state index contributed by atoms with van der Waals surface area (Å²) in [7, 11) is 0. The molecule has 0 heterocycles. The van der Waals surface area contributed by atoms with Crippen molar-refractivity contribution in [3.8, 4) is 0 Å². The van der Waals surface area contributed by atoms with E-state index in [9.17, 15) is 9.59 Å². The largest absolute Gasteiger partial charge is 0.444 e. The number of carbonyl (C=O) groups is 2. The standard InChI is InChI=1S/C19H28N2O3/c1-5-6-13-19(16(20)22,21-17(23)24-18(2,3)4)14-12-15-10-8-7-9-11-15/h5,7-11H,1,6,12-14H2,2-4H3,(H2,20,22)(H,21,23). The van der Waals surface area contributed by atoms with Gasteiger partial charge >= 0.3 is 6.09 Å². The van der Waals surface area contributed by atoms with Gasteiger partial charge < -0.3 is 15.8 Å². The topological polar surface area (TPSA) is 81.4 Å². The monoisotopic (exact) mass is 332 g/mol. The van der Waals surface area contributed by atoms with Crippen LogP contribution in [0, 0.1) is 0 Å². The van der Waals surface area contributed by atoms with Gasteiger partial charge in [-0.25, -0.2) is 4.79 Å². The molecule has 0 fully saturated rings. The van der Waals surface area contributed by atoms with Gasteiger partial charge in [-0.2, -0.15) is 0 Å². The number of rotatable bonds is 8. The first kappa shape index (κ1) is 19.7. The summed E-state index contributed by atoms with van der Waals surface area (Å²) in [4.78, 5) is 24.4. The van der Waals surface area contributed by atoms with E-state index < -0.39 is 23.1 Å². The van der Waals surface area contributed by atoms with E-state index in [1.54, 1.807) is 26.8 Å². The molecule has 5 nitrogen and oxygen atoms in total. The lowest BCUT2D eigenvalue weighted by Gasteiger charge is -2.32. The summed E-state index contributed by atoms with van der Waals surface area (Å²) < 4.78 is 5.29. The van der Waals surface area contributed by atoms with Crippen LogP contribution in [-0.4, -0.2) is 23.1 Å². The second-order valence-corrected chi connectivity index (χ2v) is 6.89. The first-order valence-corrected chi connectivity index (χ1v) is 8.14. The summed E-state index contributed by atoms with van der Waals surface area (Å²) >= 11 is 0. The van der Waals surface area contributed by atoms with Gasteiger partial charge in [-0.3, -0.25) is 4.79 Å². The molecule has 0 aromatic heterocycles. The Balaban J connectivity index is 2.93. The van der Waals surface area contributed by atoms with Crippen molar-refractivity contribution in [3.05, 3.63) is 48.6 Å². The van der Waals surface area contributed by atoms with E-state index in [0.29, 0.717) is 25.7 Å². The van der Waals surface area contributed by atoms with E-state index in [-0.39, 0.29) is 0 Å². The van der Waals surface area contributed by atoms with Crippen molar-refractivity contribution in [1.82, 2.24) is 5.32 Å². The molecule has 5 heteroatoms. The molecular weight excluding hydrogens is 304 g/mol. The lowest BCUT2D eigenvalue weighted by Crippen LogP contribution is -2.58. The Hall–Kier alpha value is -2.30. The van der Waals surface area contributed by atoms with Gasteiger partial charge in [-0.05, 0) is 52.0 Å². The Morgan fingerprint density at radius 1 is 1.21 bits per heavy atom. The smallest absolute Gasteiger partial charge is 0.408 e. The molecule has 2 amide bonds. The summed E-state index contributed by atoms with van der Waals surface area (Å²) in [5.74, 6) is -0.564. The van der Waals surface area contributed by atoms with Crippen molar-refractivity contribution < 1.29 is 14.3 Å². The third-order valence-electron chi connectivity index (χ3n) is 3.67. The van der Waals surface area contributed by atoms with Gasteiger partial charge in [-0.15, -0.1) is 6.58 Å². The summed E-state index contributed by atoms with van der Waals surface area (Å²) in [6.07, 6.45) is 3.04. The zero-order chi connectivity index (χ0) is 18.2. The number of ether oxygens (including phenoxy) is 1. The highest BCUT2D eigenvalue weighted by molar-refractivity contribution is 5.88. The molecule has 0 aliphatic rings. The van der Waals surface area contributed by atoms with Crippen LogP contribution in [0.5, 0.6) is 0 Å². The normalized spacial score (nSPS) is 13.6. The third kappa shape index (κ3) is 6.44. The average Bonchev–Trinajstić information content (AvgIpc) is 2.49. The quantitative estimate of drug-likeness (QED) is 0.716. The van der Waals surface area contributed by atoms with E-state index in [1.807, 2.05) is 30.3 Å². The Morgan fingerprint density at radius 3 is 2.33 bits per heavy atom. The van der Waals surface area contributed by atoms with Crippen LogP contribution < -0.4 is 11.1 Å². The Labute approximate surface area is 144 Å². The molecule has 3 N–H and O–H groups in total. The molecule has 0 saturated heterocycles. The van der Waals surface area contributed by atoms with E-state index >= 15 is 0 Å². The van der Waals surface area contributed by atoms with Crippen molar-refractivity contribution in [2.24, 2.45) is 5.73 Å². The number of hydrogen-bond donors (Lipinski definition) is 2. The number of nitrogens with one attached hydrogen (secondary N) is 1. The number of nitrogens with two attached hydrogens (primary N) is 1. The maximum Gasteiger partial charge on any atom is 0.408 e. The van der Waals surface area contributed by atoms with Crippen molar-refractivity contribution in [2.75, 3.05) is 0 Å². The summed E-state index contributed by atoms with van der Waals surface area (Å²) in [5, 5.41) is 2.71. The lowest BCUT2D eigenvalue weighted by atomic mass is 9.86. The first-order chi connectivity index (χ1) is 11.2. The average molecular weight is 332 g/mol. The minimum absolute atomic E-state index is 0.387. The fraction of sp³-hybridized carbons (Fsp3) is 0.474. The lowest BCUT2D eigenvalue weighted by molar-refractivity contribution is -0.125. The van der Waals surface area contributed by atoms with Gasteiger partial charge in [0, 0.05) is 0 Å². The predicted octanol–water partition coefficient (Wildman–Crippen LogP) is 3.33. The highest BCUT2D eigenvalue weighted by Crippen LogP contribution is 2.22. The van der Waals surface area contributed by atoms with Crippen molar-refractivity contribution >= 4 is 12.0 Å². The van der Waals surface area contributed by atoms with Crippen LogP contribution in [0.2, 0.25) is 0 Å². The molecule has 24 heavy (non-hydrogen) atoms. The number of primary amides is 1. The molecule has 1 rings (SSSR count). The first-order valence-electron chi connectivity index (χ1n) is 8.14. The third-order valence-corrected chi connectivity index (χ3v) is 3.67. The van der Waals surface area contributed by atoms with E-state index in [0.717, 1.165) is 5.56 Å². The molecule has 0 aliphatic carbocycles. The highest BCUT2D eigenvalue weighted by Gasteiger charge is 2.38. The SMILES string of the molecule is C=CCCC(CCc1ccccc1)(NC(=O)OC(C)(C)C)C(N)=O. The molecule has 1 aromatic rings. The number of allylic oxidation sites excluding steroid dienone is 1. The molecule has 0 saturated carbocycles. The number of aryl methyl sites for hydroxylation is 1. The molecule has 132 valence electrons. The summed E-state index contributed by atoms with van der Waals surface area (Å²) in [6, 6.07) is 9.76. The highest BCUT2D eigenvalue weighted by atomic mass is 16.6. The van der Waals surface area contributed by atoms with Crippen LogP contribution in [0.4, 0.5) is 4.79 Å². The van der Waals surface area contributed by atoms with Crippen molar-refractivity contribution in [1.29, 1.82) is 0 Å². The molecule has 0 radical (unpaired) electrons. The molecule has 0 bridgehead atoms. The number of alkyl carbamates (subject to hydrolysis) is 1. The maximum atomic E-state index is 12.2. The second-order valence-electron chi connectivity index (χ2n) is 6.89. The Morgan fingerprint density at radius 2 is 1.83 bits per heavy atom. The fourth-order valence-corrected chi connectivity index (χ4v) is 2.41. The fourth-order valence-electron chi connectivity index (χ4n) is 2.41. The van der Waals surface area contributed by atoms with E-state index in [4.69, 9.17) is 10.5 Å². The zero-order valence-electron chi connectivity index (χ0n) is 14.8. The molecule has 1 aromatic carbocycles. The van der Waals surface area contributed by atoms with Gasteiger partial charge in [0.25, 0.3) is 0 Å². The Kier molecular flexibility index (Phi) is 7.01. The minimum Gasteiger partial charge on any atom is -0.444 e. The van der Waals surface area contributed by atoms with E-state index in [1.165, 1.54) is 0 Å². The van der Waals surface area contributed by atoms with Gasteiger partial charge in [0.1, 0.15) is 11.1 Å². The van der Waals surface area contributed by atoms with Gasteiger partial charge in [-0.1, -0.05) is 36.4 Å². The van der Waals surface area contributed by atoms with E-state index in [2.05, 4.69) is 11.9 Å². The number of hydrogen-bond acceptors (Lipinski definition) is 3. The van der Waals surface area contributed by atoms with Crippen molar-refractivity contribution in [2.45, 2.75) is 57.6 Å². The zero-order valence-corrected chi connectivity index (χ0v) is 14.8. The summed E-state index contributed by atoms with van der Waals surface area (Å²) in [5.41, 5.74) is 4.91. The van der Waals surface area contributed by atoms with Crippen molar-refractivity contribution in [3.63, 3.8) is 0 Å². The molecule has 1 atom stereocenters. The van der Waals surface area contributed by atoms with Crippen LogP contribution >= 0.6 is 0 Å². The molecular formula is C19H28N2O3. The maximum absolute atomic E-state index is 12.2. The second kappa shape index (κ2) is 8.52. The van der Waals surface area contributed by atoms with Gasteiger partial charge in [0.2, 0.25) is 5.91 Å². The number of carbonyl (C=O) groups excluding carboxylic acids is 2. The molecule has 0 spiro atoms. The number of amides is 2. The minimum atomic E-state index is -1.16. The van der Waals surface area contributed by atoms with Gasteiger partial charge in [0.15, 0.2) is 0 Å². The van der Waals surface area contributed by atoms with Gasteiger partial charge in [0.05, 0.1) is 0 Å². The van der Waals surface area contributed by atoms with Crippen LogP contribution in [0.15, 0.2) is 43.0 Å².